The molecule has 0 saturated carbocycles. The number of imidazole rings is 1. The van der Waals surface area contributed by atoms with Crippen molar-refractivity contribution >= 4 is 28.5 Å². The van der Waals surface area contributed by atoms with Crippen LogP contribution in [0.3, 0.4) is 0 Å². The third-order valence-corrected chi connectivity index (χ3v) is 6.93. The molecule has 3 heterocycles. The number of aliphatic hydroxyl groups is 1. The number of piperidine rings is 1. The van der Waals surface area contributed by atoms with E-state index in [0.717, 1.165) is 29.9 Å². The molecular formula is C25H28N4O5. The number of methoxy groups -OCH3 is 1. The number of carbonyl (C=O) groups excluding carboxylic acids is 2. The van der Waals surface area contributed by atoms with Gasteiger partial charge in [0.2, 0.25) is 5.91 Å². The maximum atomic E-state index is 13.5. The van der Waals surface area contributed by atoms with Gasteiger partial charge in [-0.1, -0.05) is 18.2 Å². The Morgan fingerprint density at radius 3 is 2.47 bits per heavy atom. The molecule has 1 aromatic heterocycles. The highest BCUT2D eigenvalue weighted by molar-refractivity contribution is 6.00. The lowest BCUT2D eigenvalue weighted by Crippen LogP contribution is -2.48. The third kappa shape index (κ3) is 3.56. The molecule has 2 amide bonds. The molecule has 0 spiro atoms. The number of carbonyl (C=O) groups is 2. The molecule has 2 fully saturated rings. The number of imide groups is 1. The average molecular weight is 465 g/mol. The predicted molar refractivity (Wildman–Crippen MR) is 127 cm³/mol. The molecule has 9 nitrogen and oxygen atoms in total. The van der Waals surface area contributed by atoms with Crippen molar-refractivity contribution in [2.75, 3.05) is 31.7 Å². The number of fused-ring (bicyclic) bond motifs is 1. The molecule has 0 radical (unpaired) electrons. The number of aromatic nitrogens is 2. The summed E-state index contributed by atoms with van der Waals surface area (Å²) in [6.45, 7) is 1.74. The van der Waals surface area contributed by atoms with Crippen molar-refractivity contribution in [1.29, 1.82) is 0 Å². The van der Waals surface area contributed by atoms with Gasteiger partial charge in [0.15, 0.2) is 0 Å². The van der Waals surface area contributed by atoms with Gasteiger partial charge in [0.1, 0.15) is 11.8 Å². The zero-order valence-corrected chi connectivity index (χ0v) is 19.3. The summed E-state index contributed by atoms with van der Waals surface area (Å²) in [6, 6.07) is 12.2. The molecule has 34 heavy (non-hydrogen) atoms. The number of likely N-dealkylation sites (tertiary alicyclic amines) is 1. The lowest BCUT2D eigenvalue weighted by atomic mass is 10.00. The van der Waals surface area contributed by atoms with E-state index in [4.69, 9.17) is 4.74 Å². The van der Waals surface area contributed by atoms with Crippen molar-refractivity contribution in [3.8, 4) is 5.75 Å². The first-order chi connectivity index (χ1) is 16.4. The molecule has 2 saturated heterocycles. The monoisotopic (exact) mass is 464 g/mol. The van der Waals surface area contributed by atoms with Crippen molar-refractivity contribution in [2.45, 2.75) is 25.4 Å². The van der Waals surface area contributed by atoms with Gasteiger partial charge < -0.3 is 14.7 Å². The van der Waals surface area contributed by atoms with Crippen LogP contribution in [0.15, 0.2) is 47.3 Å². The lowest BCUT2D eigenvalue weighted by Gasteiger charge is -2.40. The van der Waals surface area contributed by atoms with Crippen LogP contribution in [0, 0.1) is 5.92 Å². The van der Waals surface area contributed by atoms with Crippen LogP contribution in [0.4, 0.5) is 5.69 Å². The molecule has 1 N–H and O–H groups in total. The van der Waals surface area contributed by atoms with Crippen LogP contribution in [-0.2, 0) is 23.2 Å². The number of ether oxygens (including phenoxy) is 1. The van der Waals surface area contributed by atoms with E-state index in [-0.39, 0.29) is 49.4 Å². The SMILES string of the molecule is COc1ccc(CN2C(=O)CCC(n3c(=O)n(C)c4c(N5CC(CO)C5)cccc43)C2=O)cc1. The first-order valence-corrected chi connectivity index (χ1v) is 11.5. The fourth-order valence-corrected chi connectivity index (χ4v) is 5.00. The molecule has 178 valence electrons. The molecule has 9 heteroatoms. The molecule has 0 bridgehead atoms. The minimum atomic E-state index is -0.746. The number of amides is 2. The van der Waals surface area contributed by atoms with Crippen LogP contribution in [0.2, 0.25) is 0 Å². The zero-order chi connectivity index (χ0) is 24.0. The number of hydrogen-bond acceptors (Lipinski definition) is 6. The lowest BCUT2D eigenvalue weighted by molar-refractivity contribution is -0.151. The summed E-state index contributed by atoms with van der Waals surface area (Å²) in [7, 11) is 3.29. The van der Waals surface area contributed by atoms with Crippen molar-refractivity contribution in [3.63, 3.8) is 0 Å². The quantitative estimate of drug-likeness (QED) is 0.558. The zero-order valence-electron chi connectivity index (χ0n) is 19.3. The largest absolute Gasteiger partial charge is 0.497 e. The maximum Gasteiger partial charge on any atom is 0.329 e. The van der Waals surface area contributed by atoms with Crippen molar-refractivity contribution in [2.24, 2.45) is 13.0 Å². The van der Waals surface area contributed by atoms with E-state index >= 15 is 0 Å². The Hall–Kier alpha value is -3.59. The summed E-state index contributed by atoms with van der Waals surface area (Å²) in [5.41, 5.74) is 2.88. The number of benzene rings is 2. The number of para-hydroxylation sites is 1. The van der Waals surface area contributed by atoms with E-state index in [2.05, 4.69) is 4.90 Å². The number of aryl methyl sites for hydroxylation is 1. The van der Waals surface area contributed by atoms with Crippen LogP contribution < -0.4 is 15.3 Å². The van der Waals surface area contributed by atoms with Gasteiger partial charge in [0.25, 0.3) is 5.91 Å². The van der Waals surface area contributed by atoms with Gasteiger partial charge in [-0.25, -0.2) is 4.79 Å². The highest BCUT2D eigenvalue weighted by Crippen LogP contribution is 2.34. The fraction of sp³-hybridized carbons (Fsp3) is 0.400. The third-order valence-electron chi connectivity index (χ3n) is 6.93. The van der Waals surface area contributed by atoms with E-state index in [1.54, 1.807) is 30.9 Å². The van der Waals surface area contributed by atoms with E-state index < -0.39 is 6.04 Å². The van der Waals surface area contributed by atoms with Gasteiger partial charge in [-0.15, -0.1) is 0 Å². The Morgan fingerprint density at radius 1 is 1.06 bits per heavy atom. The minimum Gasteiger partial charge on any atom is -0.497 e. The highest BCUT2D eigenvalue weighted by Gasteiger charge is 2.38. The Bertz CT molecular complexity index is 1300. The van der Waals surface area contributed by atoms with Crippen LogP contribution in [0.5, 0.6) is 5.75 Å². The molecule has 0 aliphatic carbocycles. The summed E-state index contributed by atoms with van der Waals surface area (Å²) in [5.74, 6) is 0.327. The Balaban J connectivity index is 1.49. The van der Waals surface area contributed by atoms with E-state index in [1.807, 2.05) is 30.3 Å². The van der Waals surface area contributed by atoms with Crippen LogP contribution >= 0.6 is 0 Å². The van der Waals surface area contributed by atoms with Gasteiger partial charge in [-0.2, -0.15) is 0 Å². The Labute approximate surface area is 196 Å². The van der Waals surface area contributed by atoms with Crippen LogP contribution in [-0.4, -0.2) is 57.8 Å². The number of nitrogens with zero attached hydrogens (tertiary/aromatic N) is 4. The van der Waals surface area contributed by atoms with Crippen molar-refractivity contribution in [3.05, 3.63) is 58.5 Å². The molecule has 2 aliphatic rings. The standard InChI is InChI=1S/C25H28N4O5/c1-26-23-19(27-12-17(13-27)15-30)4-3-5-20(23)29(25(26)33)21-10-11-22(31)28(24(21)32)14-16-6-8-18(34-2)9-7-16/h3-9,17,21,30H,10-15H2,1-2H3. The van der Waals surface area contributed by atoms with Crippen LogP contribution in [0.25, 0.3) is 11.0 Å². The molecule has 2 aliphatic heterocycles. The van der Waals surface area contributed by atoms with Gasteiger partial charge in [-0.3, -0.25) is 23.6 Å². The van der Waals surface area contributed by atoms with E-state index in [9.17, 15) is 19.5 Å². The van der Waals surface area contributed by atoms with Gasteiger partial charge in [0.05, 0.1) is 30.4 Å². The molecule has 3 aromatic rings. The molecule has 1 unspecified atom stereocenters. The van der Waals surface area contributed by atoms with Crippen molar-refractivity contribution in [1.82, 2.24) is 14.0 Å². The normalized spacial score (nSPS) is 19.1. The Morgan fingerprint density at radius 2 is 1.79 bits per heavy atom. The van der Waals surface area contributed by atoms with Crippen LogP contribution in [0.1, 0.15) is 24.4 Å². The summed E-state index contributed by atoms with van der Waals surface area (Å²) in [4.78, 5) is 42.9. The van der Waals surface area contributed by atoms with E-state index in [0.29, 0.717) is 11.3 Å². The average Bonchev–Trinajstić information content (AvgIpc) is 3.07. The first-order valence-electron chi connectivity index (χ1n) is 11.5. The van der Waals surface area contributed by atoms with Gasteiger partial charge in [-0.05, 0) is 36.2 Å². The number of aliphatic hydroxyl groups excluding tert-OH is 1. The summed E-state index contributed by atoms with van der Waals surface area (Å²) < 4.78 is 8.30. The second-order valence-electron chi connectivity index (χ2n) is 9.03. The Kier molecular flexibility index (Phi) is 5.65. The van der Waals surface area contributed by atoms with Gasteiger partial charge in [0, 0.05) is 39.1 Å². The number of anilines is 1. The summed E-state index contributed by atoms with van der Waals surface area (Å²) >= 11 is 0. The second kappa shape index (κ2) is 8.64. The highest BCUT2D eigenvalue weighted by atomic mass is 16.5. The smallest absolute Gasteiger partial charge is 0.329 e. The predicted octanol–water partition coefficient (Wildman–Crippen LogP) is 1.67. The van der Waals surface area contributed by atoms with Gasteiger partial charge >= 0.3 is 5.69 Å². The second-order valence-corrected chi connectivity index (χ2v) is 9.03. The molecule has 2 aromatic carbocycles. The summed E-state index contributed by atoms with van der Waals surface area (Å²) in [6.07, 6.45) is 0.482. The molecule has 1 atom stereocenters. The number of rotatable bonds is 6. The molecular weight excluding hydrogens is 436 g/mol. The number of hydrogen-bond donors (Lipinski definition) is 1. The fourth-order valence-electron chi connectivity index (χ4n) is 5.00. The van der Waals surface area contributed by atoms with E-state index in [1.165, 1.54) is 9.47 Å². The topological polar surface area (TPSA) is 97.0 Å². The van der Waals surface area contributed by atoms with Crippen molar-refractivity contribution < 1.29 is 19.4 Å². The minimum absolute atomic E-state index is 0.140. The maximum absolute atomic E-state index is 13.5. The summed E-state index contributed by atoms with van der Waals surface area (Å²) in [5, 5.41) is 9.38. The first kappa shape index (κ1) is 22.2. The molecule has 5 rings (SSSR count).